The normalized spacial score (nSPS) is 16.7. The molecule has 1 atom stereocenters. The maximum atomic E-state index is 12.7. The molecule has 148 valence electrons. The van der Waals surface area contributed by atoms with Crippen LogP contribution in [0.2, 0.25) is 5.02 Å². The third kappa shape index (κ3) is 4.86. The SMILES string of the molecule is CCOc1c(Cl)cc(C2NC(=O)NC(C)=C2C(=O)OCC(C)C)cc1OC. The van der Waals surface area contributed by atoms with E-state index in [2.05, 4.69) is 10.6 Å². The number of amides is 2. The number of halogens is 1. The Labute approximate surface area is 164 Å². The first-order valence-electron chi connectivity index (χ1n) is 8.74. The molecule has 2 amide bonds. The maximum Gasteiger partial charge on any atom is 0.338 e. The summed E-state index contributed by atoms with van der Waals surface area (Å²) >= 11 is 6.35. The molecule has 2 rings (SSSR count). The highest BCUT2D eigenvalue weighted by molar-refractivity contribution is 6.32. The Morgan fingerprint density at radius 3 is 2.63 bits per heavy atom. The molecule has 0 fully saturated rings. The molecule has 2 N–H and O–H groups in total. The first-order valence-corrected chi connectivity index (χ1v) is 9.11. The van der Waals surface area contributed by atoms with E-state index in [0.717, 1.165) is 0 Å². The summed E-state index contributed by atoms with van der Waals surface area (Å²) in [5, 5.41) is 5.69. The number of carbonyl (C=O) groups is 2. The lowest BCUT2D eigenvalue weighted by Gasteiger charge is -2.29. The monoisotopic (exact) mass is 396 g/mol. The van der Waals surface area contributed by atoms with Crippen LogP contribution in [0.3, 0.4) is 0 Å². The Kier molecular flexibility index (Phi) is 6.96. The van der Waals surface area contributed by atoms with Gasteiger partial charge in [0.15, 0.2) is 11.5 Å². The summed E-state index contributed by atoms with van der Waals surface area (Å²) in [6.07, 6.45) is 0. The lowest BCUT2D eigenvalue weighted by Crippen LogP contribution is -2.45. The third-order valence-electron chi connectivity index (χ3n) is 3.91. The minimum Gasteiger partial charge on any atom is -0.493 e. The van der Waals surface area contributed by atoms with Crippen molar-refractivity contribution in [1.29, 1.82) is 0 Å². The number of benzene rings is 1. The molecule has 0 saturated carbocycles. The molecule has 1 heterocycles. The van der Waals surface area contributed by atoms with Gasteiger partial charge in [-0.25, -0.2) is 9.59 Å². The Balaban J connectivity index is 2.47. The Hall–Kier alpha value is -2.41. The van der Waals surface area contributed by atoms with Crippen molar-refractivity contribution in [2.75, 3.05) is 20.3 Å². The van der Waals surface area contributed by atoms with Crippen LogP contribution in [0.25, 0.3) is 0 Å². The maximum absolute atomic E-state index is 12.7. The number of hydrogen-bond acceptors (Lipinski definition) is 5. The molecule has 0 saturated heterocycles. The second kappa shape index (κ2) is 8.99. The first-order chi connectivity index (χ1) is 12.8. The quantitative estimate of drug-likeness (QED) is 0.688. The van der Waals surface area contributed by atoms with Crippen molar-refractivity contribution in [3.63, 3.8) is 0 Å². The van der Waals surface area contributed by atoms with Crippen LogP contribution in [0.5, 0.6) is 11.5 Å². The van der Waals surface area contributed by atoms with Crippen LogP contribution in [0.15, 0.2) is 23.4 Å². The van der Waals surface area contributed by atoms with Gasteiger partial charge in [0.25, 0.3) is 0 Å². The lowest BCUT2D eigenvalue weighted by atomic mass is 9.95. The van der Waals surface area contributed by atoms with Crippen LogP contribution in [0.4, 0.5) is 4.79 Å². The smallest absolute Gasteiger partial charge is 0.338 e. The molecule has 0 aromatic heterocycles. The fourth-order valence-electron chi connectivity index (χ4n) is 2.73. The van der Waals surface area contributed by atoms with Gasteiger partial charge in [-0.3, -0.25) is 0 Å². The van der Waals surface area contributed by atoms with Gasteiger partial charge in [0.2, 0.25) is 0 Å². The van der Waals surface area contributed by atoms with Crippen LogP contribution in [-0.4, -0.2) is 32.3 Å². The van der Waals surface area contributed by atoms with E-state index in [9.17, 15) is 9.59 Å². The van der Waals surface area contributed by atoms with Gasteiger partial charge in [0.05, 0.1) is 37.0 Å². The zero-order chi connectivity index (χ0) is 20.1. The number of esters is 1. The van der Waals surface area contributed by atoms with Crippen molar-refractivity contribution in [2.45, 2.75) is 33.7 Å². The zero-order valence-electron chi connectivity index (χ0n) is 16.1. The van der Waals surface area contributed by atoms with E-state index in [1.54, 1.807) is 19.1 Å². The number of urea groups is 1. The summed E-state index contributed by atoms with van der Waals surface area (Å²) in [4.78, 5) is 24.7. The van der Waals surface area contributed by atoms with Gasteiger partial charge in [-0.1, -0.05) is 25.4 Å². The van der Waals surface area contributed by atoms with Gasteiger partial charge in [0, 0.05) is 5.70 Å². The molecule has 0 spiro atoms. The molecule has 1 unspecified atom stereocenters. The van der Waals surface area contributed by atoms with Gasteiger partial charge in [-0.2, -0.15) is 0 Å². The molecule has 0 bridgehead atoms. The van der Waals surface area contributed by atoms with Crippen molar-refractivity contribution in [3.8, 4) is 11.5 Å². The average Bonchev–Trinajstić information content (AvgIpc) is 2.60. The molecule has 1 aromatic rings. The van der Waals surface area contributed by atoms with Crippen molar-refractivity contribution < 1.29 is 23.8 Å². The molecule has 7 nitrogen and oxygen atoms in total. The van der Waals surface area contributed by atoms with E-state index in [1.165, 1.54) is 7.11 Å². The summed E-state index contributed by atoms with van der Waals surface area (Å²) in [7, 11) is 1.50. The molecule has 1 aliphatic heterocycles. The van der Waals surface area contributed by atoms with Crippen molar-refractivity contribution >= 4 is 23.6 Å². The molecular weight excluding hydrogens is 372 g/mol. The van der Waals surface area contributed by atoms with E-state index >= 15 is 0 Å². The van der Waals surface area contributed by atoms with E-state index < -0.39 is 18.0 Å². The number of allylic oxidation sites excluding steroid dienone is 1. The fourth-order valence-corrected chi connectivity index (χ4v) is 3.00. The topological polar surface area (TPSA) is 85.9 Å². The van der Waals surface area contributed by atoms with Crippen molar-refractivity contribution in [3.05, 3.63) is 34.0 Å². The molecular formula is C19H25ClN2O5. The Morgan fingerprint density at radius 1 is 1.33 bits per heavy atom. The predicted octanol–water partition coefficient (Wildman–Crippen LogP) is 3.57. The summed E-state index contributed by atoms with van der Waals surface area (Å²) in [6.45, 7) is 8.10. The zero-order valence-corrected chi connectivity index (χ0v) is 16.9. The minimum absolute atomic E-state index is 0.194. The second-order valence-corrected chi connectivity index (χ2v) is 6.94. The molecule has 27 heavy (non-hydrogen) atoms. The highest BCUT2D eigenvalue weighted by atomic mass is 35.5. The fraction of sp³-hybridized carbons (Fsp3) is 0.474. The van der Waals surface area contributed by atoms with Crippen LogP contribution < -0.4 is 20.1 Å². The van der Waals surface area contributed by atoms with Gasteiger partial charge in [-0.05, 0) is 37.5 Å². The number of hydrogen-bond donors (Lipinski definition) is 2. The number of methoxy groups -OCH3 is 1. The van der Waals surface area contributed by atoms with Crippen LogP contribution in [0, 0.1) is 5.92 Å². The Bertz CT molecular complexity index is 761. The standard InChI is InChI=1S/C19H25ClN2O5/c1-6-26-17-13(20)7-12(8-14(17)25-5)16-15(11(4)21-19(24)22-16)18(23)27-9-10(2)3/h7-8,10,16H,6,9H2,1-5H3,(H2,21,22,24). The van der Waals surface area contributed by atoms with E-state index in [0.29, 0.717) is 40.0 Å². The van der Waals surface area contributed by atoms with Gasteiger partial charge in [0.1, 0.15) is 0 Å². The van der Waals surface area contributed by atoms with Crippen LogP contribution in [-0.2, 0) is 9.53 Å². The largest absolute Gasteiger partial charge is 0.493 e. The number of nitrogens with one attached hydrogen (secondary N) is 2. The summed E-state index contributed by atoms with van der Waals surface area (Å²) in [6, 6.07) is 2.20. The van der Waals surface area contributed by atoms with Gasteiger partial charge >= 0.3 is 12.0 Å². The minimum atomic E-state index is -0.722. The van der Waals surface area contributed by atoms with E-state index in [4.69, 9.17) is 25.8 Å². The van der Waals surface area contributed by atoms with Gasteiger partial charge in [-0.15, -0.1) is 0 Å². The Morgan fingerprint density at radius 2 is 2.04 bits per heavy atom. The van der Waals surface area contributed by atoms with E-state index in [-0.39, 0.29) is 12.5 Å². The van der Waals surface area contributed by atoms with Crippen LogP contribution in [0.1, 0.15) is 39.3 Å². The second-order valence-electron chi connectivity index (χ2n) is 6.53. The first kappa shape index (κ1) is 20.9. The molecule has 1 aromatic carbocycles. The summed E-state index contributed by atoms with van der Waals surface area (Å²) in [5.41, 5.74) is 1.34. The molecule has 8 heteroatoms. The summed E-state index contributed by atoms with van der Waals surface area (Å²) in [5.74, 6) is 0.525. The van der Waals surface area contributed by atoms with Crippen LogP contribution >= 0.6 is 11.6 Å². The predicted molar refractivity (Wildman–Crippen MR) is 102 cm³/mol. The summed E-state index contributed by atoms with van der Waals surface area (Å²) < 4.78 is 16.3. The van der Waals surface area contributed by atoms with E-state index in [1.807, 2.05) is 20.8 Å². The third-order valence-corrected chi connectivity index (χ3v) is 4.19. The number of ether oxygens (including phenoxy) is 3. The molecule has 0 radical (unpaired) electrons. The highest BCUT2D eigenvalue weighted by Gasteiger charge is 2.33. The highest BCUT2D eigenvalue weighted by Crippen LogP contribution is 2.40. The number of carbonyl (C=O) groups excluding carboxylic acids is 2. The lowest BCUT2D eigenvalue weighted by molar-refractivity contribution is -0.140. The van der Waals surface area contributed by atoms with Crippen molar-refractivity contribution in [1.82, 2.24) is 10.6 Å². The molecule has 1 aliphatic rings. The number of rotatable bonds is 7. The van der Waals surface area contributed by atoms with Crippen molar-refractivity contribution in [2.24, 2.45) is 5.92 Å². The molecule has 0 aliphatic carbocycles. The van der Waals surface area contributed by atoms with Gasteiger partial charge < -0.3 is 24.8 Å². The average molecular weight is 397 g/mol.